The van der Waals surface area contributed by atoms with E-state index in [4.69, 9.17) is 5.73 Å². The molecular weight excluding hydrogens is 227 g/mol. The Balaban J connectivity index is 2.77. The first-order valence-corrected chi connectivity index (χ1v) is 4.46. The molecule has 1 atom stereocenters. The van der Waals surface area contributed by atoms with Crippen LogP contribution in [-0.2, 0) is 0 Å². The predicted molar refractivity (Wildman–Crippen MR) is 53.7 cm³/mol. The molecule has 0 radical (unpaired) electrons. The molecule has 0 aliphatic rings. The predicted octanol–water partition coefficient (Wildman–Crippen LogP) is 2.58. The number of rotatable bonds is 3. The molecule has 0 spiro atoms. The number of alkyl halides is 3. The van der Waals surface area contributed by atoms with Crippen molar-refractivity contribution in [3.05, 3.63) is 29.8 Å². The van der Waals surface area contributed by atoms with Gasteiger partial charge in [-0.15, -0.1) is 13.2 Å². The van der Waals surface area contributed by atoms with Gasteiger partial charge in [-0.05, 0) is 17.7 Å². The quantitative estimate of drug-likeness (QED) is 0.818. The third-order valence-corrected chi connectivity index (χ3v) is 1.94. The molecule has 0 fully saturated rings. The van der Waals surface area contributed by atoms with Crippen molar-refractivity contribution in [2.45, 2.75) is 12.4 Å². The Kier molecular flexibility index (Phi) is 3.65. The average molecular weight is 235 g/mol. The molecule has 1 unspecified atom stereocenters. The van der Waals surface area contributed by atoms with Crippen molar-refractivity contribution < 1.29 is 17.9 Å². The van der Waals surface area contributed by atoms with E-state index in [9.17, 15) is 13.2 Å². The standard InChI is InChI=1S/C9H8F3NOS/c10-9(11,12)14-7-3-1-6(2-4-7)8(13)5-15/h1-5,8H,13H2. The van der Waals surface area contributed by atoms with Crippen LogP contribution < -0.4 is 10.5 Å². The van der Waals surface area contributed by atoms with Crippen molar-refractivity contribution in [1.82, 2.24) is 0 Å². The van der Waals surface area contributed by atoms with Crippen LogP contribution in [-0.4, -0.2) is 11.7 Å². The Labute approximate surface area is 89.8 Å². The third-order valence-electron chi connectivity index (χ3n) is 1.65. The summed E-state index contributed by atoms with van der Waals surface area (Å²) in [6.45, 7) is 0. The van der Waals surface area contributed by atoms with Gasteiger partial charge in [0.05, 0.1) is 6.04 Å². The first-order chi connectivity index (χ1) is 6.92. The van der Waals surface area contributed by atoms with Gasteiger partial charge in [-0.1, -0.05) is 24.4 Å². The van der Waals surface area contributed by atoms with Crippen molar-refractivity contribution in [3.63, 3.8) is 0 Å². The lowest BCUT2D eigenvalue weighted by Crippen LogP contribution is -2.17. The van der Waals surface area contributed by atoms with E-state index in [1.54, 1.807) is 0 Å². The molecule has 6 heteroatoms. The van der Waals surface area contributed by atoms with Crippen LogP contribution in [0.4, 0.5) is 13.2 Å². The molecule has 0 aliphatic heterocycles. The fraction of sp³-hybridized carbons (Fsp3) is 0.222. The van der Waals surface area contributed by atoms with E-state index in [2.05, 4.69) is 17.0 Å². The van der Waals surface area contributed by atoms with Crippen LogP contribution in [0.5, 0.6) is 5.75 Å². The van der Waals surface area contributed by atoms with E-state index in [1.165, 1.54) is 29.6 Å². The normalized spacial score (nSPS) is 13.3. The highest BCUT2D eigenvalue weighted by Crippen LogP contribution is 2.23. The van der Waals surface area contributed by atoms with Gasteiger partial charge in [0.25, 0.3) is 0 Å². The van der Waals surface area contributed by atoms with Crippen LogP contribution in [0.3, 0.4) is 0 Å². The monoisotopic (exact) mass is 235 g/mol. The Hall–Kier alpha value is -1.14. The average Bonchev–Trinajstić information content (AvgIpc) is 2.15. The van der Waals surface area contributed by atoms with Crippen molar-refractivity contribution in [1.29, 1.82) is 0 Å². The minimum Gasteiger partial charge on any atom is -0.406 e. The number of ether oxygens (including phenoxy) is 1. The van der Waals surface area contributed by atoms with Gasteiger partial charge in [-0.2, -0.15) is 0 Å². The van der Waals surface area contributed by atoms with Crippen LogP contribution in [0.1, 0.15) is 11.6 Å². The Morgan fingerprint density at radius 1 is 1.27 bits per heavy atom. The largest absolute Gasteiger partial charge is 0.573 e. The van der Waals surface area contributed by atoms with Gasteiger partial charge in [0.1, 0.15) is 5.75 Å². The van der Waals surface area contributed by atoms with E-state index in [-0.39, 0.29) is 5.75 Å². The lowest BCUT2D eigenvalue weighted by Gasteiger charge is -2.10. The maximum Gasteiger partial charge on any atom is 0.573 e. The van der Waals surface area contributed by atoms with Crippen LogP contribution in [0.2, 0.25) is 0 Å². The van der Waals surface area contributed by atoms with Gasteiger partial charge < -0.3 is 10.5 Å². The molecule has 0 bridgehead atoms. The second kappa shape index (κ2) is 4.59. The number of nitrogens with two attached hydrogens (primary N) is 1. The summed E-state index contributed by atoms with van der Waals surface area (Å²) in [5, 5.41) is 1.33. The van der Waals surface area contributed by atoms with E-state index in [0.717, 1.165) is 0 Å². The van der Waals surface area contributed by atoms with Crippen LogP contribution in [0.15, 0.2) is 24.3 Å². The molecule has 1 rings (SSSR count). The smallest absolute Gasteiger partial charge is 0.406 e. The molecule has 0 saturated carbocycles. The first kappa shape index (κ1) is 11.9. The van der Waals surface area contributed by atoms with Crippen molar-refractivity contribution in [3.8, 4) is 5.75 Å². The molecule has 1 aromatic carbocycles. The fourth-order valence-corrected chi connectivity index (χ4v) is 1.13. The summed E-state index contributed by atoms with van der Waals surface area (Å²) < 4.78 is 39.1. The molecular formula is C9H8F3NOS. The van der Waals surface area contributed by atoms with Crippen molar-refractivity contribution in [2.75, 3.05) is 0 Å². The molecule has 0 aliphatic carbocycles. The van der Waals surface area contributed by atoms with Gasteiger partial charge in [-0.25, -0.2) is 0 Å². The number of hydrogen-bond acceptors (Lipinski definition) is 3. The number of thiocarbonyl (C=S) groups is 1. The number of hydrogen-bond donors (Lipinski definition) is 1. The lowest BCUT2D eigenvalue weighted by atomic mass is 10.1. The Morgan fingerprint density at radius 3 is 2.20 bits per heavy atom. The van der Waals surface area contributed by atoms with Gasteiger partial charge in [0.15, 0.2) is 0 Å². The third kappa shape index (κ3) is 3.85. The highest BCUT2D eigenvalue weighted by atomic mass is 32.1. The lowest BCUT2D eigenvalue weighted by molar-refractivity contribution is -0.274. The molecule has 1 aromatic rings. The summed E-state index contributed by atoms with van der Waals surface area (Å²) in [5.74, 6) is -0.275. The molecule has 0 amide bonds. The summed E-state index contributed by atoms with van der Waals surface area (Å²) in [4.78, 5) is 0. The summed E-state index contributed by atoms with van der Waals surface area (Å²) in [6.07, 6.45) is -4.67. The highest BCUT2D eigenvalue weighted by Gasteiger charge is 2.30. The highest BCUT2D eigenvalue weighted by molar-refractivity contribution is 7.79. The molecule has 15 heavy (non-hydrogen) atoms. The van der Waals surface area contributed by atoms with Gasteiger partial charge in [-0.3, -0.25) is 0 Å². The zero-order chi connectivity index (χ0) is 11.5. The minimum absolute atomic E-state index is 0.275. The maximum absolute atomic E-state index is 11.8. The zero-order valence-electron chi connectivity index (χ0n) is 7.49. The molecule has 0 saturated heterocycles. The van der Waals surface area contributed by atoms with E-state index >= 15 is 0 Å². The molecule has 2 nitrogen and oxygen atoms in total. The van der Waals surface area contributed by atoms with E-state index in [1.807, 2.05) is 0 Å². The van der Waals surface area contributed by atoms with Crippen LogP contribution in [0, 0.1) is 0 Å². The van der Waals surface area contributed by atoms with Gasteiger partial charge in [0, 0.05) is 5.37 Å². The minimum atomic E-state index is -4.67. The van der Waals surface area contributed by atoms with Crippen molar-refractivity contribution in [2.24, 2.45) is 5.73 Å². The number of halogens is 3. The first-order valence-electron chi connectivity index (χ1n) is 3.99. The second-order valence-corrected chi connectivity index (χ2v) is 3.05. The van der Waals surface area contributed by atoms with Crippen molar-refractivity contribution >= 4 is 17.6 Å². The SMILES string of the molecule is NC(C=S)c1ccc(OC(F)(F)F)cc1. The Morgan fingerprint density at radius 2 is 1.80 bits per heavy atom. The maximum atomic E-state index is 11.8. The van der Waals surface area contributed by atoms with Gasteiger partial charge in [0.2, 0.25) is 0 Å². The summed E-state index contributed by atoms with van der Waals surface area (Å²) in [7, 11) is 0. The second-order valence-electron chi connectivity index (χ2n) is 2.78. The topological polar surface area (TPSA) is 35.2 Å². The van der Waals surface area contributed by atoms with Crippen LogP contribution in [0.25, 0.3) is 0 Å². The summed E-state index contributed by atoms with van der Waals surface area (Å²) in [5.41, 5.74) is 6.19. The molecule has 0 aromatic heterocycles. The summed E-state index contributed by atoms with van der Waals surface area (Å²) >= 11 is 4.62. The molecule has 82 valence electrons. The fourth-order valence-electron chi connectivity index (χ4n) is 0.970. The van der Waals surface area contributed by atoms with Gasteiger partial charge >= 0.3 is 6.36 Å². The Bertz CT molecular complexity index is 336. The van der Waals surface area contributed by atoms with Crippen LogP contribution >= 0.6 is 12.2 Å². The molecule has 2 N–H and O–H groups in total. The number of benzene rings is 1. The molecule has 0 heterocycles. The summed E-state index contributed by atoms with van der Waals surface area (Å²) in [6, 6.07) is 4.81. The van der Waals surface area contributed by atoms with E-state index in [0.29, 0.717) is 5.56 Å². The van der Waals surface area contributed by atoms with E-state index < -0.39 is 12.4 Å². The zero-order valence-corrected chi connectivity index (χ0v) is 8.31.